The van der Waals surface area contributed by atoms with Crippen molar-refractivity contribution in [1.29, 1.82) is 0 Å². The topological polar surface area (TPSA) is 149 Å². The molecule has 2 saturated heterocycles. The van der Waals surface area contributed by atoms with Gasteiger partial charge in [-0.2, -0.15) is 0 Å². The molecule has 1 aliphatic carbocycles. The molecule has 224 valence electrons. The highest BCUT2D eigenvalue weighted by molar-refractivity contribution is 5.95. The quantitative estimate of drug-likeness (QED) is 0.457. The molecule has 2 fully saturated rings. The zero-order valence-electron chi connectivity index (χ0n) is 23.7. The van der Waals surface area contributed by atoms with Gasteiger partial charge in [-0.15, -0.1) is 0 Å². The summed E-state index contributed by atoms with van der Waals surface area (Å²) >= 11 is 0. The van der Waals surface area contributed by atoms with Gasteiger partial charge in [0, 0.05) is 44.1 Å². The number of aliphatic hydroxyl groups is 1. The normalized spacial score (nSPS) is 23.7. The molecule has 2 unspecified atom stereocenters. The number of aliphatic hydroxyl groups excluding tert-OH is 1. The van der Waals surface area contributed by atoms with Crippen molar-refractivity contribution in [2.75, 3.05) is 62.4 Å². The zero-order chi connectivity index (χ0) is 29.8. The fraction of sp³-hybridized carbons (Fsp3) is 0.536. The third-order valence-corrected chi connectivity index (χ3v) is 8.71. The van der Waals surface area contributed by atoms with Gasteiger partial charge in [0.25, 0.3) is 11.8 Å². The van der Waals surface area contributed by atoms with Crippen LogP contribution in [-0.4, -0.2) is 101 Å². The summed E-state index contributed by atoms with van der Waals surface area (Å²) in [4.78, 5) is 50.8. The molecule has 2 aromatic rings. The Morgan fingerprint density at radius 1 is 1.31 bits per heavy atom. The van der Waals surface area contributed by atoms with Gasteiger partial charge >= 0.3 is 6.09 Å². The summed E-state index contributed by atoms with van der Waals surface area (Å²) in [6.45, 7) is 3.74. The highest BCUT2D eigenvalue weighted by atomic mass is 19.1. The van der Waals surface area contributed by atoms with Crippen molar-refractivity contribution in [2.24, 2.45) is 5.92 Å². The van der Waals surface area contributed by atoms with E-state index in [-0.39, 0.29) is 41.9 Å². The maximum absolute atomic E-state index is 15.0. The van der Waals surface area contributed by atoms with E-state index < -0.39 is 29.7 Å². The number of likely N-dealkylation sites (N-methyl/N-ethyl adjacent to an activating group) is 1. The number of hydrogen-bond donors (Lipinski definition) is 3. The molecule has 14 heteroatoms. The van der Waals surface area contributed by atoms with Crippen LogP contribution in [0.2, 0.25) is 0 Å². The second-order valence-electron chi connectivity index (χ2n) is 11.7. The number of aromatic nitrogens is 2. The van der Waals surface area contributed by atoms with Crippen LogP contribution in [0.3, 0.4) is 0 Å². The predicted octanol–water partition coefficient (Wildman–Crippen LogP) is 1.53. The lowest BCUT2D eigenvalue weighted by Crippen LogP contribution is -2.48. The van der Waals surface area contributed by atoms with E-state index in [1.807, 2.05) is 0 Å². The fourth-order valence-electron chi connectivity index (χ4n) is 6.01. The number of halogens is 1. The third kappa shape index (κ3) is 5.25. The number of carbonyl (C=O) groups is 3. The maximum atomic E-state index is 15.0. The van der Waals surface area contributed by atoms with Crippen molar-refractivity contribution in [3.8, 4) is 5.88 Å². The van der Waals surface area contributed by atoms with Gasteiger partial charge in [-0.3, -0.25) is 19.4 Å². The molecule has 6 rings (SSSR count). The summed E-state index contributed by atoms with van der Waals surface area (Å²) in [5.41, 5.74) is 0.628. The van der Waals surface area contributed by atoms with Crippen molar-refractivity contribution in [3.63, 3.8) is 0 Å². The molecule has 1 aromatic carbocycles. The minimum Gasteiger partial charge on any atom is -0.465 e. The van der Waals surface area contributed by atoms with Gasteiger partial charge in [-0.1, -0.05) is 0 Å². The number of anilines is 3. The van der Waals surface area contributed by atoms with Gasteiger partial charge in [-0.05, 0) is 50.7 Å². The van der Waals surface area contributed by atoms with Crippen LogP contribution >= 0.6 is 0 Å². The summed E-state index contributed by atoms with van der Waals surface area (Å²) in [6, 6.07) is 2.59. The first-order valence-corrected chi connectivity index (χ1v) is 14.0. The van der Waals surface area contributed by atoms with E-state index in [1.54, 1.807) is 32.0 Å². The molecular formula is C28H34FN7O6. The van der Waals surface area contributed by atoms with Gasteiger partial charge < -0.3 is 30.1 Å². The molecule has 1 spiro atoms. The Bertz CT molecular complexity index is 1430. The number of fused-ring (bicyclic) bond motifs is 2. The van der Waals surface area contributed by atoms with E-state index in [4.69, 9.17) is 9.47 Å². The number of ether oxygens (including phenoxy) is 2. The van der Waals surface area contributed by atoms with E-state index >= 15 is 4.39 Å². The summed E-state index contributed by atoms with van der Waals surface area (Å²) in [7, 11) is 3.58. The standard InChI is InChI=1S/C28H34FN7O6/c1-15(34(2)3)25(39)31-17-9-19-18(20(29)10-17)8-16(23(19)38)12-35-6-4-28(5-7-35)14-36(27(40)42-28)21-11-30-26-24(32-21)33-22(37)13-41-26/h9-11,15-16,23,38H,4-8,12-14H2,1-3H3,(H,31,39)(H,32,33,37)/t15-,16?,23?/m1/s1. The smallest absolute Gasteiger partial charge is 0.416 e. The molecule has 0 radical (unpaired) electrons. The third-order valence-electron chi connectivity index (χ3n) is 8.71. The number of amides is 3. The summed E-state index contributed by atoms with van der Waals surface area (Å²) in [6.07, 6.45) is 1.59. The minimum absolute atomic E-state index is 0.138. The van der Waals surface area contributed by atoms with E-state index in [0.717, 1.165) is 0 Å². The molecule has 0 saturated carbocycles. The van der Waals surface area contributed by atoms with Crippen LogP contribution < -0.4 is 20.3 Å². The summed E-state index contributed by atoms with van der Waals surface area (Å²) in [5.74, 6) is -0.611. The van der Waals surface area contributed by atoms with Gasteiger partial charge in [0.05, 0.1) is 24.9 Å². The fourth-order valence-corrected chi connectivity index (χ4v) is 6.01. The van der Waals surface area contributed by atoms with Crippen LogP contribution in [0.5, 0.6) is 5.88 Å². The summed E-state index contributed by atoms with van der Waals surface area (Å²) < 4.78 is 26.1. The maximum Gasteiger partial charge on any atom is 0.416 e. The van der Waals surface area contributed by atoms with Crippen molar-refractivity contribution < 1.29 is 33.4 Å². The Morgan fingerprint density at radius 2 is 2.07 bits per heavy atom. The van der Waals surface area contributed by atoms with E-state index in [2.05, 4.69) is 25.5 Å². The van der Waals surface area contributed by atoms with Crippen LogP contribution in [0, 0.1) is 11.7 Å². The number of rotatable bonds is 6. The van der Waals surface area contributed by atoms with Crippen LogP contribution in [-0.2, 0) is 20.7 Å². The predicted molar refractivity (Wildman–Crippen MR) is 149 cm³/mol. The first-order valence-electron chi connectivity index (χ1n) is 14.0. The van der Waals surface area contributed by atoms with Crippen molar-refractivity contribution in [2.45, 2.75) is 43.9 Å². The average Bonchev–Trinajstić information content (AvgIpc) is 3.45. The molecule has 13 nitrogen and oxygen atoms in total. The van der Waals surface area contributed by atoms with Gasteiger partial charge in [0.2, 0.25) is 5.91 Å². The monoisotopic (exact) mass is 583 g/mol. The molecule has 3 amide bonds. The lowest BCUT2D eigenvalue weighted by atomic mass is 9.90. The second-order valence-corrected chi connectivity index (χ2v) is 11.7. The van der Waals surface area contributed by atoms with Crippen LogP contribution in [0.15, 0.2) is 18.3 Å². The number of nitrogens with zero attached hydrogens (tertiary/aromatic N) is 5. The lowest BCUT2D eigenvalue weighted by molar-refractivity contribution is -0.120. The molecule has 42 heavy (non-hydrogen) atoms. The van der Waals surface area contributed by atoms with Gasteiger partial charge in [-0.25, -0.2) is 19.2 Å². The second kappa shape index (κ2) is 10.7. The molecule has 3 aliphatic heterocycles. The van der Waals surface area contributed by atoms with Crippen molar-refractivity contribution in [3.05, 3.63) is 35.3 Å². The number of hydrogen-bond acceptors (Lipinski definition) is 10. The molecule has 1 aromatic heterocycles. The largest absolute Gasteiger partial charge is 0.465 e. The minimum atomic E-state index is -0.861. The highest BCUT2D eigenvalue weighted by Crippen LogP contribution is 2.41. The number of nitrogens with one attached hydrogen (secondary N) is 2. The van der Waals surface area contributed by atoms with E-state index in [1.165, 1.54) is 17.2 Å². The van der Waals surface area contributed by atoms with E-state index in [0.29, 0.717) is 62.3 Å². The Hall–Kier alpha value is -3.88. The van der Waals surface area contributed by atoms with Gasteiger partial charge in [0.15, 0.2) is 18.2 Å². The van der Waals surface area contributed by atoms with E-state index in [9.17, 15) is 19.5 Å². The van der Waals surface area contributed by atoms with Crippen molar-refractivity contribution in [1.82, 2.24) is 19.8 Å². The average molecular weight is 584 g/mol. The highest BCUT2D eigenvalue weighted by Gasteiger charge is 2.48. The van der Waals surface area contributed by atoms with Crippen LogP contribution in [0.25, 0.3) is 0 Å². The zero-order valence-corrected chi connectivity index (χ0v) is 23.7. The molecule has 4 aliphatic rings. The Kier molecular flexibility index (Phi) is 7.23. The Morgan fingerprint density at radius 3 is 2.81 bits per heavy atom. The Balaban J connectivity index is 1.06. The first kappa shape index (κ1) is 28.2. The molecule has 4 heterocycles. The Labute approximate surface area is 242 Å². The lowest BCUT2D eigenvalue weighted by Gasteiger charge is -2.38. The van der Waals surface area contributed by atoms with Crippen molar-refractivity contribution >= 4 is 35.2 Å². The number of benzene rings is 1. The number of piperidine rings is 1. The first-order chi connectivity index (χ1) is 20.0. The van der Waals surface area contributed by atoms with Crippen LogP contribution in [0.1, 0.15) is 37.0 Å². The molecular weight excluding hydrogens is 549 g/mol. The number of likely N-dealkylation sites (tertiary alicyclic amines) is 1. The SMILES string of the molecule is C[C@H](C(=O)Nc1cc(F)c2c(c1)C(O)C(CN1CCC3(CC1)CN(c1cnc4c(n1)NC(=O)CO4)C(=O)O3)C2)N(C)C. The van der Waals surface area contributed by atoms with Gasteiger partial charge in [0.1, 0.15) is 11.4 Å². The molecule has 3 atom stereocenters. The summed E-state index contributed by atoms with van der Waals surface area (Å²) in [5, 5.41) is 16.5. The molecule has 3 N–H and O–H groups in total. The number of carbonyl (C=O) groups excluding carboxylic acids is 3. The van der Waals surface area contributed by atoms with Crippen LogP contribution in [0.4, 0.5) is 26.5 Å². The molecule has 0 bridgehead atoms.